The Balaban J connectivity index is 2.73. The number of hydrogen-bond donors (Lipinski definition) is 0. The summed E-state index contributed by atoms with van der Waals surface area (Å²) in [6.07, 6.45) is 9.97. The van der Waals surface area contributed by atoms with E-state index in [1.54, 1.807) is 11.3 Å². The Morgan fingerprint density at radius 2 is 1.94 bits per heavy atom. The first-order valence-corrected chi connectivity index (χ1v) is 7.49. The molecule has 0 bridgehead atoms. The number of aryl methyl sites for hydroxylation is 1. The molecule has 0 aliphatic rings. The average molecular weight is 280 g/mol. The third-order valence-corrected chi connectivity index (χ3v) is 3.86. The molecule has 0 saturated heterocycles. The summed E-state index contributed by atoms with van der Waals surface area (Å²) in [5, 5.41) is 5.34. The summed E-state index contributed by atoms with van der Waals surface area (Å²) in [4.78, 5) is 2.37. The molecule has 0 fully saturated rings. The quantitative estimate of drug-likeness (QED) is 0.504. The van der Waals surface area contributed by atoms with Crippen LogP contribution in [0.4, 0.5) is 0 Å². The van der Waals surface area contributed by atoms with Gasteiger partial charge in [-0.15, -0.1) is 11.3 Å². The molecule has 0 amide bonds. The zero-order valence-corrected chi connectivity index (χ0v) is 12.4. The maximum absolute atomic E-state index is 4.78. The van der Waals surface area contributed by atoms with E-state index < -0.39 is 0 Å². The van der Waals surface area contributed by atoms with Gasteiger partial charge in [-0.3, -0.25) is 0 Å². The van der Waals surface area contributed by atoms with Crippen LogP contribution in [0.1, 0.15) is 47.9 Å². The lowest BCUT2D eigenvalue weighted by atomic mass is 10.1. The Kier molecular flexibility index (Phi) is 7.27. The van der Waals surface area contributed by atoms with Gasteiger partial charge in [0, 0.05) is 21.9 Å². The van der Waals surface area contributed by atoms with Gasteiger partial charge in [0.05, 0.1) is 0 Å². The van der Waals surface area contributed by atoms with Crippen molar-refractivity contribution in [3.63, 3.8) is 0 Å². The van der Waals surface area contributed by atoms with E-state index in [1.165, 1.54) is 36.1 Å². The van der Waals surface area contributed by atoms with Crippen molar-refractivity contribution in [2.24, 2.45) is 0 Å². The normalized spacial score (nSPS) is 9.47. The predicted molar refractivity (Wildman–Crippen MR) is 86.3 cm³/mol. The molecule has 0 atom stereocenters. The molecule has 0 radical (unpaired) electrons. The van der Waals surface area contributed by atoms with E-state index in [9.17, 15) is 0 Å². The zero-order valence-electron chi connectivity index (χ0n) is 9.99. The van der Waals surface area contributed by atoms with Gasteiger partial charge < -0.3 is 0 Å². The molecule has 0 aromatic carbocycles. The topological polar surface area (TPSA) is 0 Å². The third kappa shape index (κ3) is 5.08. The van der Waals surface area contributed by atoms with Crippen LogP contribution in [0.3, 0.4) is 0 Å². The summed E-state index contributed by atoms with van der Waals surface area (Å²) in [6.45, 7) is 2.23. The minimum Gasteiger partial charge on any atom is -0.135 e. The highest BCUT2D eigenvalue weighted by molar-refractivity contribution is 7.78. The minimum absolute atomic E-state index is 1.12. The van der Waals surface area contributed by atoms with Gasteiger partial charge in [0.2, 0.25) is 0 Å². The molecule has 17 heavy (non-hydrogen) atoms. The van der Waals surface area contributed by atoms with Gasteiger partial charge in [-0.05, 0) is 59.0 Å². The Morgan fingerprint density at radius 1 is 1.18 bits per heavy atom. The van der Waals surface area contributed by atoms with Crippen LogP contribution in [0.5, 0.6) is 0 Å². The zero-order chi connectivity index (χ0) is 12.5. The van der Waals surface area contributed by atoms with Gasteiger partial charge in [0.25, 0.3) is 0 Å². The SMILES string of the molecule is CCCCCCc1cc(C=C=S)sc1C=C=S. The molecule has 1 rings (SSSR count). The van der Waals surface area contributed by atoms with Crippen molar-refractivity contribution < 1.29 is 0 Å². The molecule has 0 N–H and O–H groups in total. The van der Waals surface area contributed by atoms with Crippen LogP contribution in [-0.4, -0.2) is 10.0 Å². The van der Waals surface area contributed by atoms with Crippen molar-refractivity contribution in [3.05, 3.63) is 21.4 Å². The van der Waals surface area contributed by atoms with Gasteiger partial charge in [-0.1, -0.05) is 26.2 Å². The fourth-order valence-electron chi connectivity index (χ4n) is 1.71. The third-order valence-electron chi connectivity index (χ3n) is 2.55. The Hall–Kier alpha value is -0.560. The number of rotatable bonds is 7. The summed E-state index contributed by atoms with van der Waals surface area (Å²) in [7, 11) is 0. The second-order valence-electron chi connectivity index (χ2n) is 3.87. The number of thiophene rings is 1. The smallest absolute Gasteiger partial charge is 0.0394 e. The predicted octanol–water partition coefficient (Wildman–Crippen LogP) is 5.09. The largest absolute Gasteiger partial charge is 0.135 e. The van der Waals surface area contributed by atoms with E-state index in [1.807, 2.05) is 12.2 Å². The van der Waals surface area contributed by atoms with Crippen LogP contribution >= 0.6 is 35.8 Å². The van der Waals surface area contributed by atoms with Crippen LogP contribution in [0, 0.1) is 0 Å². The van der Waals surface area contributed by atoms with E-state index in [0.29, 0.717) is 0 Å². The number of hydrogen-bond acceptors (Lipinski definition) is 3. The minimum atomic E-state index is 1.12. The highest BCUT2D eigenvalue weighted by Crippen LogP contribution is 2.25. The fraction of sp³-hybridized carbons (Fsp3) is 0.429. The molecule has 3 heteroatoms. The van der Waals surface area contributed by atoms with Gasteiger partial charge >= 0.3 is 0 Å². The summed E-state index contributed by atoms with van der Waals surface area (Å²) >= 11 is 11.2. The maximum Gasteiger partial charge on any atom is 0.0394 e. The van der Waals surface area contributed by atoms with Gasteiger partial charge in [0.15, 0.2) is 0 Å². The first-order valence-electron chi connectivity index (χ1n) is 5.86. The summed E-state index contributed by atoms with van der Waals surface area (Å²) in [6, 6.07) is 2.19. The van der Waals surface area contributed by atoms with Crippen molar-refractivity contribution in [3.8, 4) is 0 Å². The lowest BCUT2D eigenvalue weighted by Crippen LogP contribution is -1.85. The van der Waals surface area contributed by atoms with E-state index in [2.05, 4.69) is 23.0 Å². The standard InChI is InChI=1S/C14H16S3/c1-2-3-4-5-6-12-11-13(7-9-15)17-14(12)8-10-16/h7-8,11H,2-6H2,1H3. The molecule has 1 heterocycles. The van der Waals surface area contributed by atoms with Crippen molar-refractivity contribution in [2.75, 3.05) is 0 Å². The highest BCUT2D eigenvalue weighted by Gasteiger charge is 2.05. The van der Waals surface area contributed by atoms with E-state index in [0.717, 1.165) is 11.3 Å². The van der Waals surface area contributed by atoms with Crippen LogP contribution in [0.2, 0.25) is 0 Å². The van der Waals surface area contributed by atoms with Crippen LogP contribution < -0.4 is 0 Å². The van der Waals surface area contributed by atoms with Crippen molar-refractivity contribution in [1.82, 2.24) is 0 Å². The second-order valence-corrected chi connectivity index (χ2v) is 5.46. The first-order chi connectivity index (χ1) is 8.31. The van der Waals surface area contributed by atoms with E-state index in [-0.39, 0.29) is 0 Å². The molecular formula is C14H16S3. The molecule has 0 unspecified atom stereocenters. The molecule has 0 nitrogen and oxygen atoms in total. The second kappa shape index (κ2) is 8.52. The summed E-state index contributed by atoms with van der Waals surface area (Å²) in [5.74, 6) is 0. The lowest BCUT2D eigenvalue weighted by Gasteiger charge is -1.99. The molecular weight excluding hydrogens is 264 g/mol. The van der Waals surface area contributed by atoms with Gasteiger partial charge in [-0.25, -0.2) is 0 Å². The molecule has 0 aliphatic carbocycles. The first kappa shape index (κ1) is 14.5. The van der Waals surface area contributed by atoms with Crippen LogP contribution in [0.25, 0.3) is 12.2 Å². The Bertz CT molecular complexity index is 444. The van der Waals surface area contributed by atoms with Gasteiger partial charge in [0.1, 0.15) is 0 Å². The van der Waals surface area contributed by atoms with E-state index in [4.69, 9.17) is 24.4 Å². The molecule has 0 saturated carbocycles. The molecule has 0 aliphatic heterocycles. The molecule has 90 valence electrons. The van der Waals surface area contributed by atoms with Crippen LogP contribution in [-0.2, 0) is 6.42 Å². The maximum atomic E-state index is 4.78. The van der Waals surface area contributed by atoms with Crippen molar-refractivity contribution in [2.45, 2.75) is 39.0 Å². The molecule has 1 aromatic rings. The van der Waals surface area contributed by atoms with Crippen molar-refractivity contribution >= 4 is 58.0 Å². The Morgan fingerprint density at radius 3 is 2.59 bits per heavy atom. The Labute approximate surface area is 118 Å². The summed E-state index contributed by atoms with van der Waals surface area (Å²) < 4.78 is 0. The van der Waals surface area contributed by atoms with E-state index >= 15 is 0 Å². The molecule has 1 aromatic heterocycles. The van der Waals surface area contributed by atoms with Crippen LogP contribution in [0.15, 0.2) is 6.07 Å². The monoisotopic (exact) mass is 280 g/mol. The lowest BCUT2D eigenvalue weighted by molar-refractivity contribution is 0.667. The van der Waals surface area contributed by atoms with Crippen molar-refractivity contribution in [1.29, 1.82) is 0 Å². The number of thiocarbonyl (C=S) groups is 2. The fourth-order valence-corrected chi connectivity index (χ4v) is 3.08. The summed E-state index contributed by atoms with van der Waals surface area (Å²) in [5.41, 5.74) is 1.36. The average Bonchev–Trinajstić information content (AvgIpc) is 2.68. The van der Waals surface area contributed by atoms with Gasteiger partial charge in [-0.2, -0.15) is 0 Å². The highest BCUT2D eigenvalue weighted by atomic mass is 32.1. The molecule has 0 spiro atoms. The number of unbranched alkanes of at least 4 members (excludes halogenated alkanes) is 3.